The molecule has 3 rings (SSSR count). The zero-order valence-corrected chi connectivity index (χ0v) is 11.8. The highest BCUT2D eigenvalue weighted by Gasteiger charge is 2.57. The van der Waals surface area contributed by atoms with Crippen LogP contribution >= 0.6 is 0 Å². The average Bonchev–Trinajstić information content (AvgIpc) is 3.19. The molecule has 2 fully saturated rings. The number of amides is 1. The van der Waals surface area contributed by atoms with Crippen LogP contribution < -0.4 is 10.6 Å². The van der Waals surface area contributed by atoms with Crippen LogP contribution in [0.25, 0.3) is 0 Å². The lowest BCUT2D eigenvalue weighted by atomic mass is 9.92. The summed E-state index contributed by atoms with van der Waals surface area (Å²) in [7, 11) is 0. The highest BCUT2D eigenvalue weighted by molar-refractivity contribution is 5.85. The number of aromatic nitrogens is 1. The Hall–Kier alpha value is -1.95. The molecule has 0 aromatic carbocycles. The van der Waals surface area contributed by atoms with Gasteiger partial charge in [0.05, 0.1) is 0 Å². The number of nitrogens with one attached hydrogen (secondary N) is 2. The van der Waals surface area contributed by atoms with Gasteiger partial charge in [-0.25, -0.2) is 9.78 Å². The number of carbonyl (C=O) groups excluding carboxylic acids is 1. The van der Waals surface area contributed by atoms with Gasteiger partial charge in [0, 0.05) is 18.7 Å². The maximum atomic E-state index is 12.2. The van der Waals surface area contributed by atoms with Crippen molar-refractivity contribution in [1.82, 2.24) is 15.6 Å². The number of carboxylic acids is 1. The average molecular weight is 289 g/mol. The molecule has 6 nitrogen and oxygen atoms in total. The van der Waals surface area contributed by atoms with Crippen LogP contribution in [0.3, 0.4) is 0 Å². The third-order valence-electron chi connectivity index (χ3n) is 4.62. The molecular formula is C15H19N3O3. The molecule has 1 atom stereocenters. The van der Waals surface area contributed by atoms with Crippen LogP contribution in [0, 0.1) is 11.3 Å². The minimum Gasteiger partial charge on any atom is -0.477 e. The number of pyridine rings is 1. The molecule has 2 heterocycles. The van der Waals surface area contributed by atoms with E-state index in [0.717, 1.165) is 37.9 Å². The maximum absolute atomic E-state index is 12.2. The van der Waals surface area contributed by atoms with Gasteiger partial charge in [0.2, 0.25) is 5.91 Å². The van der Waals surface area contributed by atoms with Crippen molar-refractivity contribution in [3.63, 3.8) is 0 Å². The molecule has 0 bridgehead atoms. The van der Waals surface area contributed by atoms with Gasteiger partial charge in [-0.1, -0.05) is 6.07 Å². The first-order valence-electron chi connectivity index (χ1n) is 7.27. The van der Waals surface area contributed by atoms with Gasteiger partial charge in [-0.05, 0) is 49.4 Å². The summed E-state index contributed by atoms with van der Waals surface area (Å²) in [5, 5.41) is 15.0. The molecule has 3 N–H and O–H groups in total. The van der Waals surface area contributed by atoms with E-state index in [1.165, 1.54) is 12.3 Å². The molecule has 1 spiro atoms. The van der Waals surface area contributed by atoms with Crippen molar-refractivity contribution in [3.8, 4) is 0 Å². The van der Waals surface area contributed by atoms with Crippen molar-refractivity contribution in [2.24, 2.45) is 11.3 Å². The Morgan fingerprint density at radius 3 is 2.76 bits per heavy atom. The molecule has 1 saturated heterocycles. The molecular weight excluding hydrogens is 270 g/mol. The van der Waals surface area contributed by atoms with Gasteiger partial charge in [0.1, 0.15) is 5.69 Å². The quantitative estimate of drug-likeness (QED) is 0.762. The Labute approximate surface area is 123 Å². The van der Waals surface area contributed by atoms with Gasteiger partial charge in [0.15, 0.2) is 0 Å². The number of rotatable bonds is 4. The fraction of sp³-hybridized carbons (Fsp3) is 0.533. The molecule has 112 valence electrons. The number of hydrogen-bond acceptors (Lipinski definition) is 4. The standard InChI is InChI=1S/C15H19N3O3/c19-13(11-7-15(11)3-5-16-6-4-15)18-9-10-1-2-12(14(20)21)17-8-10/h1-2,8,11,16H,3-7,9H2,(H,18,19)(H,20,21). The zero-order valence-electron chi connectivity index (χ0n) is 11.8. The predicted molar refractivity (Wildman–Crippen MR) is 75.7 cm³/mol. The second-order valence-corrected chi connectivity index (χ2v) is 5.94. The van der Waals surface area contributed by atoms with Gasteiger partial charge in [0.25, 0.3) is 0 Å². The zero-order chi connectivity index (χ0) is 14.9. The van der Waals surface area contributed by atoms with E-state index in [0.29, 0.717) is 6.54 Å². The minimum absolute atomic E-state index is 0.0147. The summed E-state index contributed by atoms with van der Waals surface area (Å²) in [6.45, 7) is 2.41. The molecule has 1 aliphatic carbocycles. The van der Waals surface area contributed by atoms with E-state index >= 15 is 0 Å². The molecule has 1 saturated carbocycles. The van der Waals surface area contributed by atoms with E-state index in [4.69, 9.17) is 5.11 Å². The highest BCUT2D eigenvalue weighted by atomic mass is 16.4. The maximum Gasteiger partial charge on any atom is 0.354 e. The molecule has 21 heavy (non-hydrogen) atoms. The van der Waals surface area contributed by atoms with Crippen LogP contribution in [0.4, 0.5) is 0 Å². The Balaban J connectivity index is 1.51. The third kappa shape index (κ3) is 2.90. The summed E-state index contributed by atoms with van der Waals surface area (Å²) < 4.78 is 0. The fourth-order valence-electron chi connectivity index (χ4n) is 3.16. The highest BCUT2D eigenvalue weighted by Crippen LogP contribution is 2.58. The molecule has 1 aromatic heterocycles. The number of nitrogens with zero attached hydrogens (tertiary/aromatic N) is 1. The first-order chi connectivity index (χ1) is 10.1. The van der Waals surface area contributed by atoms with Crippen LogP contribution in [0.2, 0.25) is 0 Å². The van der Waals surface area contributed by atoms with E-state index in [-0.39, 0.29) is 22.9 Å². The lowest BCUT2D eigenvalue weighted by Crippen LogP contribution is -2.33. The van der Waals surface area contributed by atoms with Crippen molar-refractivity contribution in [2.75, 3.05) is 13.1 Å². The second-order valence-electron chi connectivity index (χ2n) is 5.94. The Bertz CT molecular complexity index is 550. The van der Waals surface area contributed by atoms with E-state index in [9.17, 15) is 9.59 Å². The Morgan fingerprint density at radius 2 is 2.14 bits per heavy atom. The van der Waals surface area contributed by atoms with Crippen molar-refractivity contribution in [3.05, 3.63) is 29.6 Å². The monoisotopic (exact) mass is 289 g/mol. The summed E-state index contributed by atoms with van der Waals surface area (Å²) in [4.78, 5) is 26.7. The molecule has 0 radical (unpaired) electrons. The number of piperidine rings is 1. The summed E-state index contributed by atoms with van der Waals surface area (Å²) >= 11 is 0. The normalized spacial score (nSPS) is 22.8. The van der Waals surface area contributed by atoms with Crippen molar-refractivity contribution < 1.29 is 14.7 Å². The minimum atomic E-state index is -1.04. The van der Waals surface area contributed by atoms with Crippen molar-refractivity contribution >= 4 is 11.9 Å². The van der Waals surface area contributed by atoms with Gasteiger partial charge in [-0.2, -0.15) is 0 Å². The number of aromatic carboxylic acids is 1. The third-order valence-corrected chi connectivity index (χ3v) is 4.62. The summed E-state index contributed by atoms with van der Waals surface area (Å²) in [6.07, 6.45) is 4.66. The number of carbonyl (C=O) groups is 2. The smallest absolute Gasteiger partial charge is 0.354 e. The summed E-state index contributed by atoms with van der Waals surface area (Å²) in [6, 6.07) is 3.14. The van der Waals surface area contributed by atoms with E-state index in [1.807, 2.05) is 0 Å². The van der Waals surface area contributed by atoms with Gasteiger partial charge < -0.3 is 15.7 Å². The first kappa shape index (κ1) is 14.0. The SMILES string of the molecule is O=C(O)c1ccc(CNC(=O)C2CC23CCNCC3)cn1. The molecule has 1 unspecified atom stereocenters. The lowest BCUT2D eigenvalue weighted by Gasteiger charge is -2.23. The topological polar surface area (TPSA) is 91.3 Å². The van der Waals surface area contributed by atoms with Crippen LogP contribution in [-0.4, -0.2) is 35.1 Å². The van der Waals surface area contributed by atoms with Crippen LogP contribution in [-0.2, 0) is 11.3 Å². The lowest BCUT2D eigenvalue weighted by molar-refractivity contribution is -0.123. The largest absolute Gasteiger partial charge is 0.477 e. The van der Waals surface area contributed by atoms with Crippen LogP contribution in [0.1, 0.15) is 35.3 Å². The molecule has 1 amide bonds. The van der Waals surface area contributed by atoms with E-state index in [2.05, 4.69) is 15.6 Å². The van der Waals surface area contributed by atoms with Gasteiger partial charge in [-0.15, -0.1) is 0 Å². The summed E-state index contributed by atoms with van der Waals surface area (Å²) in [5.74, 6) is -0.790. The molecule has 1 aromatic rings. The summed E-state index contributed by atoms with van der Waals surface area (Å²) in [5.41, 5.74) is 1.06. The van der Waals surface area contributed by atoms with Crippen molar-refractivity contribution in [2.45, 2.75) is 25.8 Å². The van der Waals surface area contributed by atoms with Gasteiger partial charge >= 0.3 is 5.97 Å². The van der Waals surface area contributed by atoms with Gasteiger partial charge in [-0.3, -0.25) is 4.79 Å². The molecule has 6 heteroatoms. The Kier molecular flexibility index (Phi) is 3.63. The molecule has 1 aliphatic heterocycles. The second kappa shape index (κ2) is 5.44. The van der Waals surface area contributed by atoms with Crippen molar-refractivity contribution in [1.29, 1.82) is 0 Å². The number of carboxylic acid groups (broad SMARTS) is 1. The Morgan fingerprint density at radius 1 is 1.38 bits per heavy atom. The molecule has 2 aliphatic rings. The number of hydrogen-bond donors (Lipinski definition) is 3. The first-order valence-corrected chi connectivity index (χ1v) is 7.27. The fourth-order valence-corrected chi connectivity index (χ4v) is 3.16. The van der Waals surface area contributed by atoms with Crippen LogP contribution in [0.15, 0.2) is 18.3 Å². The van der Waals surface area contributed by atoms with Crippen LogP contribution in [0.5, 0.6) is 0 Å². The van der Waals surface area contributed by atoms with E-state index in [1.54, 1.807) is 6.07 Å². The van der Waals surface area contributed by atoms with E-state index < -0.39 is 5.97 Å². The predicted octanol–water partition coefficient (Wildman–Crippen LogP) is 0.786.